The van der Waals surface area contributed by atoms with E-state index in [1.807, 2.05) is 0 Å². The highest BCUT2D eigenvalue weighted by molar-refractivity contribution is 6.04. The van der Waals surface area contributed by atoms with Crippen LogP contribution in [0, 0.1) is 21.9 Å². The van der Waals surface area contributed by atoms with E-state index in [0.717, 1.165) is 18.2 Å². The van der Waals surface area contributed by atoms with Gasteiger partial charge in [0.05, 0.1) is 10.5 Å². The number of anilines is 1. The number of pyridine rings is 1. The number of carbonyl (C=O) groups is 1. The van der Waals surface area contributed by atoms with E-state index in [2.05, 4.69) is 10.3 Å². The Morgan fingerprint density at radius 3 is 2.65 bits per heavy atom. The van der Waals surface area contributed by atoms with Gasteiger partial charge in [0.25, 0.3) is 5.91 Å². The summed E-state index contributed by atoms with van der Waals surface area (Å²) in [6, 6.07) is 5.41. The van der Waals surface area contributed by atoms with Crippen molar-refractivity contribution in [1.29, 1.82) is 0 Å². The molecule has 2 aromatic rings. The fourth-order valence-electron chi connectivity index (χ4n) is 1.49. The Morgan fingerprint density at radius 2 is 2.05 bits per heavy atom. The second-order valence-corrected chi connectivity index (χ2v) is 3.72. The van der Waals surface area contributed by atoms with Gasteiger partial charge in [-0.3, -0.25) is 14.9 Å². The average molecular weight is 279 g/mol. The largest absolute Gasteiger partial charge is 0.322 e. The molecule has 0 fully saturated rings. The Hall–Kier alpha value is -2.90. The van der Waals surface area contributed by atoms with E-state index in [1.165, 1.54) is 18.3 Å². The molecule has 0 spiro atoms. The number of carbonyl (C=O) groups excluding carboxylic acids is 1. The number of amides is 1. The van der Waals surface area contributed by atoms with Gasteiger partial charge in [0.2, 0.25) is 11.8 Å². The number of hydrogen-bond donors (Lipinski definition) is 1. The molecule has 8 heteroatoms. The third kappa shape index (κ3) is 2.74. The molecule has 2 rings (SSSR count). The number of aromatic nitrogens is 1. The Bertz CT molecular complexity index is 691. The highest BCUT2D eigenvalue weighted by Gasteiger charge is 2.16. The Kier molecular flexibility index (Phi) is 3.65. The SMILES string of the molecule is O=C(Nc1ccc([N+](=O)[O-])c(F)c1)c1cccnc1F. The molecule has 0 aliphatic heterocycles. The molecule has 0 bridgehead atoms. The summed E-state index contributed by atoms with van der Waals surface area (Å²) in [4.78, 5) is 24.6. The van der Waals surface area contributed by atoms with Crippen LogP contribution in [0.25, 0.3) is 0 Å². The van der Waals surface area contributed by atoms with Crippen molar-refractivity contribution < 1.29 is 18.5 Å². The minimum atomic E-state index is -1.10. The molecular formula is C12H7F2N3O3. The number of nitro groups is 1. The second kappa shape index (κ2) is 5.39. The molecule has 1 aromatic heterocycles. The van der Waals surface area contributed by atoms with E-state index < -0.39 is 28.3 Å². The van der Waals surface area contributed by atoms with Crippen LogP contribution in [0.4, 0.5) is 20.2 Å². The van der Waals surface area contributed by atoms with Crippen LogP contribution < -0.4 is 5.32 Å². The molecule has 0 unspecified atom stereocenters. The maximum Gasteiger partial charge on any atom is 0.304 e. The van der Waals surface area contributed by atoms with Crippen LogP contribution >= 0.6 is 0 Å². The lowest BCUT2D eigenvalue weighted by molar-refractivity contribution is -0.387. The number of nitrogens with one attached hydrogen (secondary N) is 1. The van der Waals surface area contributed by atoms with Crippen molar-refractivity contribution in [1.82, 2.24) is 4.98 Å². The molecule has 6 nitrogen and oxygen atoms in total. The molecule has 20 heavy (non-hydrogen) atoms. The lowest BCUT2D eigenvalue weighted by Crippen LogP contribution is -2.14. The van der Waals surface area contributed by atoms with Crippen molar-refractivity contribution in [3.05, 3.63) is 64.0 Å². The summed E-state index contributed by atoms with van der Waals surface area (Å²) >= 11 is 0. The molecule has 0 aliphatic rings. The van der Waals surface area contributed by atoms with Gasteiger partial charge in [-0.2, -0.15) is 8.78 Å². The van der Waals surface area contributed by atoms with Gasteiger partial charge in [-0.15, -0.1) is 0 Å². The topological polar surface area (TPSA) is 85.1 Å². The van der Waals surface area contributed by atoms with Crippen molar-refractivity contribution in [3.8, 4) is 0 Å². The van der Waals surface area contributed by atoms with Gasteiger partial charge in [0.15, 0.2) is 0 Å². The van der Waals surface area contributed by atoms with Crippen LogP contribution in [0.2, 0.25) is 0 Å². The van der Waals surface area contributed by atoms with Crippen molar-refractivity contribution in [2.75, 3.05) is 5.32 Å². The zero-order valence-electron chi connectivity index (χ0n) is 9.84. The van der Waals surface area contributed by atoms with Gasteiger partial charge in [0, 0.05) is 24.0 Å². The molecule has 1 N–H and O–H groups in total. The number of halogens is 2. The maximum absolute atomic E-state index is 13.4. The van der Waals surface area contributed by atoms with Crippen molar-refractivity contribution in [2.24, 2.45) is 0 Å². The summed E-state index contributed by atoms with van der Waals surface area (Å²) in [6.07, 6.45) is 1.18. The minimum absolute atomic E-state index is 0.0265. The number of hydrogen-bond acceptors (Lipinski definition) is 4. The minimum Gasteiger partial charge on any atom is -0.322 e. The molecule has 0 aliphatic carbocycles. The van der Waals surface area contributed by atoms with E-state index in [4.69, 9.17) is 0 Å². The summed E-state index contributed by atoms with van der Waals surface area (Å²) in [6.45, 7) is 0. The van der Waals surface area contributed by atoms with Crippen LogP contribution in [0.15, 0.2) is 36.5 Å². The number of rotatable bonds is 3. The van der Waals surface area contributed by atoms with Gasteiger partial charge in [-0.25, -0.2) is 4.98 Å². The first kappa shape index (κ1) is 13.5. The molecule has 0 saturated heterocycles. The van der Waals surface area contributed by atoms with Gasteiger partial charge < -0.3 is 5.32 Å². The van der Waals surface area contributed by atoms with Crippen molar-refractivity contribution in [2.45, 2.75) is 0 Å². The summed E-state index contributed by atoms with van der Waals surface area (Å²) < 4.78 is 26.6. The van der Waals surface area contributed by atoms with Crippen molar-refractivity contribution in [3.63, 3.8) is 0 Å². The number of nitrogens with zero attached hydrogens (tertiary/aromatic N) is 2. The smallest absolute Gasteiger partial charge is 0.304 e. The molecule has 0 radical (unpaired) electrons. The van der Waals surface area contributed by atoms with Crippen LogP contribution in [0.5, 0.6) is 0 Å². The normalized spacial score (nSPS) is 10.1. The lowest BCUT2D eigenvalue weighted by Gasteiger charge is -2.05. The first-order chi connectivity index (χ1) is 9.49. The zero-order valence-corrected chi connectivity index (χ0v) is 9.84. The van der Waals surface area contributed by atoms with Gasteiger partial charge in [-0.05, 0) is 18.2 Å². The van der Waals surface area contributed by atoms with Crippen LogP contribution in [0.3, 0.4) is 0 Å². The van der Waals surface area contributed by atoms with E-state index in [-0.39, 0.29) is 11.3 Å². The highest BCUT2D eigenvalue weighted by atomic mass is 19.1. The summed E-state index contributed by atoms with van der Waals surface area (Å²) in [7, 11) is 0. The molecule has 1 aromatic carbocycles. The van der Waals surface area contributed by atoms with Gasteiger partial charge in [0.1, 0.15) is 0 Å². The predicted octanol–water partition coefficient (Wildman–Crippen LogP) is 2.52. The molecule has 1 amide bonds. The molecule has 0 atom stereocenters. The first-order valence-electron chi connectivity index (χ1n) is 5.35. The molecular weight excluding hydrogens is 272 g/mol. The third-order valence-corrected chi connectivity index (χ3v) is 2.41. The lowest BCUT2D eigenvalue weighted by atomic mass is 10.2. The number of benzene rings is 1. The molecule has 0 saturated carbocycles. The summed E-state index contributed by atoms with van der Waals surface area (Å²) in [5.74, 6) is -2.89. The van der Waals surface area contributed by atoms with E-state index >= 15 is 0 Å². The predicted molar refractivity (Wildman–Crippen MR) is 65.2 cm³/mol. The number of nitro benzene ring substituents is 1. The quantitative estimate of drug-likeness (QED) is 0.531. The van der Waals surface area contributed by atoms with E-state index in [0.29, 0.717) is 0 Å². The standard InChI is InChI=1S/C12H7F2N3O3/c13-9-6-7(3-4-10(9)17(19)20)16-12(18)8-2-1-5-15-11(8)14/h1-6H,(H,16,18). The molecule has 102 valence electrons. The fourth-order valence-corrected chi connectivity index (χ4v) is 1.49. The monoisotopic (exact) mass is 279 g/mol. The van der Waals surface area contributed by atoms with Gasteiger partial charge in [-0.1, -0.05) is 0 Å². The Labute approximate surface area is 111 Å². The van der Waals surface area contributed by atoms with Crippen LogP contribution in [-0.4, -0.2) is 15.8 Å². The third-order valence-electron chi connectivity index (χ3n) is 2.41. The fraction of sp³-hybridized carbons (Fsp3) is 0. The van der Waals surface area contributed by atoms with Crippen LogP contribution in [0.1, 0.15) is 10.4 Å². The van der Waals surface area contributed by atoms with E-state index in [1.54, 1.807) is 0 Å². The highest BCUT2D eigenvalue weighted by Crippen LogP contribution is 2.21. The summed E-state index contributed by atoms with van der Waals surface area (Å²) in [5, 5.41) is 12.7. The van der Waals surface area contributed by atoms with Crippen LogP contribution in [-0.2, 0) is 0 Å². The second-order valence-electron chi connectivity index (χ2n) is 3.72. The Balaban J connectivity index is 2.23. The zero-order chi connectivity index (χ0) is 14.7. The van der Waals surface area contributed by atoms with E-state index in [9.17, 15) is 23.7 Å². The Morgan fingerprint density at radius 1 is 1.30 bits per heavy atom. The molecule has 1 heterocycles. The van der Waals surface area contributed by atoms with Crippen molar-refractivity contribution >= 4 is 17.3 Å². The maximum atomic E-state index is 13.4. The first-order valence-corrected chi connectivity index (χ1v) is 5.35. The average Bonchev–Trinajstić information content (AvgIpc) is 2.38. The summed E-state index contributed by atoms with van der Waals surface area (Å²) in [5.41, 5.74) is -1.05. The van der Waals surface area contributed by atoms with Gasteiger partial charge >= 0.3 is 5.69 Å².